The predicted molar refractivity (Wildman–Crippen MR) is 44.9 cm³/mol. The summed E-state index contributed by atoms with van der Waals surface area (Å²) in [4.78, 5) is 19.2. The molecule has 0 aromatic carbocycles. The third kappa shape index (κ3) is 11.5. The van der Waals surface area contributed by atoms with E-state index in [0.29, 0.717) is 0 Å². The van der Waals surface area contributed by atoms with Crippen molar-refractivity contribution >= 4 is 11.9 Å². The van der Waals surface area contributed by atoms with Crippen LogP contribution in [0.15, 0.2) is 12.7 Å². The fraction of sp³-hybridized carbons (Fsp3) is 0.500. The highest BCUT2D eigenvalue weighted by molar-refractivity contribution is 5.71. The molecule has 0 rings (SSSR count). The van der Waals surface area contributed by atoms with Gasteiger partial charge in [0, 0.05) is 6.42 Å². The molecular weight excluding hydrogens is 160 g/mol. The van der Waals surface area contributed by atoms with Crippen molar-refractivity contribution in [2.24, 2.45) is 5.92 Å². The Morgan fingerprint density at radius 3 is 1.83 bits per heavy atom. The normalized spacial score (nSPS) is 10.5. The second kappa shape index (κ2) is 7.78. The van der Waals surface area contributed by atoms with Gasteiger partial charge in [0.15, 0.2) is 0 Å². The van der Waals surface area contributed by atoms with Crippen molar-refractivity contribution in [2.75, 3.05) is 0 Å². The minimum absolute atomic E-state index is 0.222. The average Bonchev–Trinajstić information content (AvgIpc) is 2.04. The van der Waals surface area contributed by atoms with E-state index in [0.717, 1.165) is 0 Å². The Hall–Kier alpha value is -1.32. The molecule has 0 saturated carbocycles. The van der Waals surface area contributed by atoms with Crippen molar-refractivity contribution in [1.82, 2.24) is 0 Å². The summed E-state index contributed by atoms with van der Waals surface area (Å²) in [5, 5.41) is 15.8. The van der Waals surface area contributed by atoms with Gasteiger partial charge in [0.05, 0.1) is 5.92 Å². The van der Waals surface area contributed by atoms with Crippen molar-refractivity contribution in [1.29, 1.82) is 0 Å². The van der Waals surface area contributed by atoms with E-state index in [1.807, 2.05) is 0 Å². The lowest BCUT2D eigenvalue weighted by Crippen LogP contribution is -2.04. The molecule has 4 heteroatoms. The number of carbonyl (C=O) groups is 2. The molecule has 1 unspecified atom stereocenters. The molecule has 0 aromatic heterocycles. The molecule has 0 bridgehead atoms. The topological polar surface area (TPSA) is 74.6 Å². The summed E-state index contributed by atoms with van der Waals surface area (Å²) < 4.78 is 0. The molecule has 1 atom stereocenters. The number of hydrogen-bond donors (Lipinski definition) is 2. The summed E-state index contributed by atoms with van der Waals surface area (Å²) in [7, 11) is 0. The number of rotatable bonds is 3. The van der Waals surface area contributed by atoms with E-state index in [1.165, 1.54) is 6.08 Å². The molecule has 70 valence electrons. The standard InChI is InChI=1S/C5H8O2.C3H6O2/c1-3-4(2)5(6)7;1-2-3(4)5/h3-4H,1H2,2H3,(H,6,7);2H2,1H3,(H,4,5). The largest absolute Gasteiger partial charge is 0.481 e. The molecule has 0 amide bonds. The first kappa shape index (κ1) is 13.3. The van der Waals surface area contributed by atoms with Crippen molar-refractivity contribution in [3.63, 3.8) is 0 Å². The van der Waals surface area contributed by atoms with Gasteiger partial charge in [-0.25, -0.2) is 0 Å². The Morgan fingerprint density at radius 1 is 1.50 bits per heavy atom. The zero-order valence-electron chi connectivity index (χ0n) is 7.28. The van der Waals surface area contributed by atoms with Gasteiger partial charge in [0.2, 0.25) is 0 Å². The van der Waals surface area contributed by atoms with E-state index in [2.05, 4.69) is 6.58 Å². The van der Waals surface area contributed by atoms with Crippen LogP contribution in [0, 0.1) is 5.92 Å². The van der Waals surface area contributed by atoms with Gasteiger partial charge in [-0.1, -0.05) is 13.0 Å². The van der Waals surface area contributed by atoms with Crippen LogP contribution < -0.4 is 0 Å². The highest BCUT2D eigenvalue weighted by Crippen LogP contribution is 1.92. The van der Waals surface area contributed by atoms with Crippen LogP contribution in [-0.4, -0.2) is 22.2 Å². The number of carboxylic acids is 2. The fourth-order valence-electron chi connectivity index (χ4n) is 0.101. The van der Waals surface area contributed by atoms with Crippen LogP contribution in [-0.2, 0) is 9.59 Å². The second-order valence-corrected chi connectivity index (χ2v) is 2.11. The lowest BCUT2D eigenvalue weighted by molar-refractivity contribution is -0.139. The first-order valence-corrected chi connectivity index (χ1v) is 3.52. The van der Waals surface area contributed by atoms with Gasteiger partial charge >= 0.3 is 11.9 Å². The fourth-order valence-corrected chi connectivity index (χ4v) is 0.101. The molecule has 2 N–H and O–H groups in total. The van der Waals surface area contributed by atoms with Gasteiger partial charge in [0.25, 0.3) is 0 Å². The van der Waals surface area contributed by atoms with Crippen LogP contribution in [0.2, 0.25) is 0 Å². The number of aliphatic carboxylic acids is 2. The van der Waals surface area contributed by atoms with Gasteiger partial charge in [-0.05, 0) is 6.92 Å². The maximum absolute atomic E-state index is 9.86. The number of carboxylic acid groups (broad SMARTS) is 2. The molecule has 12 heavy (non-hydrogen) atoms. The Kier molecular flexibility index (Phi) is 8.62. The van der Waals surface area contributed by atoms with Crippen molar-refractivity contribution < 1.29 is 19.8 Å². The van der Waals surface area contributed by atoms with Crippen LogP contribution in [0.4, 0.5) is 0 Å². The Bertz CT molecular complexity index is 162. The SMILES string of the molecule is C=CC(C)C(=O)O.CCC(=O)O. The van der Waals surface area contributed by atoms with Crippen molar-refractivity contribution in [2.45, 2.75) is 20.3 Å². The molecule has 4 nitrogen and oxygen atoms in total. The lowest BCUT2D eigenvalue weighted by Gasteiger charge is -1.92. The van der Waals surface area contributed by atoms with Crippen molar-refractivity contribution in [3.8, 4) is 0 Å². The summed E-state index contributed by atoms with van der Waals surface area (Å²) in [6.45, 7) is 6.48. The third-order valence-corrected chi connectivity index (χ3v) is 1.05. The molecule has 0 aliphatic carbocycles. The summed E-state index contributed by atoms with van der Waals surface area (Å²) in [5.41, 5.74) is 0. The van der Waals surface area contributed by atoms with Gasteiger partial charge in [-0.15, -0.1) is 6.58 Å². The molecule has 0 heterocycles. The predicted octanol–water partition coefficient (Wildman–Crippen LogP) is 1.37. The van der Waals surface area contributed by atoms with Crippen LogP contribution in [0.25, 0.3) is 0 Å². The highest BCUT2D eigenvalue weighted by Gasteiger charge is 2.02. The van der Waals surface area contributed by atoms with E-state index < -0.39 is 17.9 Å². The molecule has 0 fully saturated rings. The highest BCUT2D eigenvalue weighted by atomic mass is 16.4. The summed E-state index contributed by atoms with van der Waals surface area (Å²) in [6.07, 6.45) is 1.61. The molecule has 0 spiro atoms. The van der Waals surface area contributed by atoms with Crippen molar-refractivity contribution in [3.05, 3.63) is 12.7 Å². The summed E-state index contributed by atoms with van der Waals surface area (Å²) in [6, 6.07) is 0. The Morgan fingerprint density at radius 2 is 1.83 bits per heavy atom. The minimum atomic E-state index is -0.824. The monoisotopic (exact) mass is 174 g/mol. The van der Waals surface area contributed by atoms with Crippen LogP contribution in [0.1, 0.15) is 20.3 Å². The molecule has 0 radical (unpaired) electrons. The zero-order valence-corrected chi connectivity index (χ0v) is 7.28. The van der Waals surface area contributed by atoms with Crippen LogP contribution in [0.5, 0.6) is 0 Å². The summed E-state index contributed by atoms with van der Waals surface area (Å²) in [5.74, 6) is -1.99. The van der Waals surface area contributed by atoms with Gasteiger partial charge in [0.1, 0.15) is 0 Å². The maximum Gasteiger partial charge on any atom is 0.310 e. The van der Waals surface area contributed by atoms with Crippen LogP contribution in [0.3, 0.4) is 0 Å². The molecule has 0 aromatic rings. The quantitative estimate of drug-likeness (QED) is 0.634. The lowest BCUT2D eigenvalue weighted by atomic mass is 10.2. The first-order valence-electron chi connectivity index (χ1n) is 3.52. The molecular formula is C8H14O4. The maximum atomic E-state index is 9.86. The van der Waals surface area contributed by atoms with E-state index >= 15 is 0 Å². The van der Waals surface area contributed by atoms with Crippen LogP contribution >= 0.6 is 0 Å². The van der Waals surface area contributed by atoms with Gasteiger partial charge in [-0.3, -0.25) is 9.59 Å². The molecule has 0 aliphatic heterocycles. The summed E-state index contributed by atoms with van der Waals surface area (Å²) >= 11 is 0. The smallest absolute Gasteiger partial charge is 0.310 e. The van der Waals surface area contributed by atoms with E-state index in [-0.39, 0.29) is 6.42 Å². The average molecular weight is 174 g/mol. The third-order valence-electron chi connectivity index (χ3n) is 1.05. The van der Waals surface area contributed by atoms with Gasteiger partial charge < -0.3 is 10.2 Å². The second-order valence-electron chi connectivity index (χ2n) is 2.11. The van der Waals surface area contributed by atoms with E-state index in [1.54, 1.807) is 13.8 Å². The first-order chi connectivity index (χ1) is 5.45. The Balaban J connectivity index is 0. The Labute approximate surface area is 71.5 Å². The number of hydrogen-bond acceptors (Lipinski definition) is 2. The zero-order chi connectivity index (χ0) is 10.1. The molecule has 0 aliphatic rings. The minimum Gasteiger partial charge on any atom is -0.481 e. The molecule has 0 saturated heterocycles. The van der Waals surface area contributed by atoms with E-state index in [9.17, 15) is 9.59 Å². The van der Waals surface area contributed by atoms with Gasteiger partial charge in [-0.2, -0.15) is 0 Å². The van der Waals surface area contributed by atoms with E-state index in [4.69, 9.17) is 10.2 Å².